The third kappa shape index (κ3) is 3.16. The minimum absolute atomic E-state index is 0.0704. The van der Waals surface area contributed by atoms with E-state index in [1.807, 2.05) is 13.8 Å². The molecule has 0 amide bonds. The quantitative estimate of drug-likeness (QED) is 0.477. The third-order valence-electron chi connectivity index (χ3n) is 13.2. The molecule has 0 aromatic carbocycles. The van der Waals surface area contributed by atoms with Gasteiger partial charge in [-0.25, -0.2) is 0 Å². The Balaban J connectivity index is 1.48. The van der Waals surface area contributed by atoms with Crippen molar-refractivity contribution in [3.8, 4) is 0 Å². The van der Waals surface area contributed by atoms with Gasteiger partial charge in [-0.15, -0.1) is 0 Å². The molecule has 0 aromatic heterocycles. The predicted molar refractivity (Wildman–Crippen MR) is 135 cm³/mol. The summed E-state index contributed by atoms with van der Waals surface area (Å²) < 4.78 is 6.68. The van der Waals surface area contributed by atoms with Crippen LogP contribution >= 0.6 is 0 Å². The average molecular weight is 477 g/mol. The van der Waals surface area contributed by atoms with Crippen molar-refractivity contribution in [2.45, 2.75) is 143 Å². The molecule has 4 heteroatoms. The van der Waals surface area contributed by atoms with E-state index in [-0.39, 0.29) is 51.5 Å². The molecule has 4 saturated carbocycles. The van der Waals surface area contributed by atoms with Gasteiger partial charge >= 0.3 is 0 Å². The molecular weight excluding hydrogens is 424 g/mol. The van der Waals surface area contributed by atoms with Gasteiger partial charge in [-0.3, -0.25) is 0 Å². The minimum Gasteiger partial charge on any atom is -0.393 e. The molecule has 4 aliphatic carbocycles. The lowest BCUT2D eigenvalue weighted by Crippen LogP contribution is -2.67. The number of aliphatic hydroxyl groups excluding tert-OH is 2. The summed E-state index contributed by atoms with van der Waals surface area (Å²) in [6.07, 6.45) is 8.71. The highest BCUT2D eigenvalue weighted by Gasteiger charge is 2.72. The van der Waals surface area contributed by atoms with E-state index in [1.54, 1.807) is 0 Å². The topological polar surface area (TPSA) is 69.9 Å². The lowest BCUT2D eigenvalue weighted by atomic mass is 9.35. The van der Waals surface area contributed by atoms with Crippen LogP contribution in [-0.4, -0.2) is 44.8 Å². The normalized spacial score (nSPS) is 57.1. The Morgan fingerprint density at radius 2 is 1.41 bits per heavy atom. The van der Waals surface area contributed by atoms with E-state index in [2.05, 4.69) is 41.5 Å². The number of fused-ring (bicyclic) bond motifs is 5. The Hall–Kier alpha value is -0.160. The smallest absolute Gasteiger partial charge is 0.0865 e. The lowest BCUT2D eigenvalue weighted by Gasteiger charge is -2.70. The molecule has 1 heterocycles. The molecule has 0 bridgehead atoms. The Kier molecular flexibility index (Phi) is 5.59. The van der Waals surface area contributed by atoms with Crippen molar-refractivity contribution in [1.29, 1.82) is 0 Å². The molecule has 4 nitrogen and oxygen atoms in total. The van der Waals surface area contributed by atoms with Crippen LogP contribution in [0.15, 0.2) is 0 Å². The van der Waals surface area contributed by atoms with Crippen molar-refractivity contribution in [3.05, 3.63) is 0 Å². The van der Waals surface area contributed by atoms with E-state index in [4.69, 9.17) is 4.74 Å². The Labute approximate surface area is 208 Å². The molecule has 5 fully saturated rings. The first-order valence-electron chi connectivity index (χ1n) is 14.3. The summed E-state index contributed by atoms with van der Waals surface area (Å²) in [6, 6.07) is 0. The van der Waals surface area contributed by atoms with Gasteiger partial charge in [-0.1, -0.05) is 34.6 Å². The van der Waals surface area contributed by atoms with Crippen LogP contribution in [0.5, 0.6) is 0 Å². The van der Waals surface area contributed by atoms with Crippen molar-refractivity contribution in [2.24, 2.45) is 45.3 Å². The Bertz CT molecular complexity index is 817. The maximum atomic E-state index is 12.0. The van der Waals surface area contributed by atoms with E-state index < -0.39 is 5.60 Å². The van der Waals surface area contributed by atoms with E-state index in [1.165, 1.54) is 6.42 Å². The minimum atomic E-state index is -0.811. The number of ether oxygens (including phenoxy) is 1. The summed E-state index contributed by atoms with van der Waals surface area (Å²) >= 11 is 0. The lowest BCUT2D eigenvalue weighted by molar-refractivity contribution is -0.257. The summed E-state index contributed by atoms with van der Waals surface area (Å²) in [5.41, 5.74) is -0.766. The Morgan fingerprint density at radius 3 is 2.03 bits per heavy atom. The largest absolute Gasteiger partial charge is 0.393 e. The van der Waals surface area contributed by atoms with Crippen LogP contribution in [0.2, 0.25) is 0 Å². The summed E-state index contributed by atoms with van der Waals surface area (Å²) in [6.45, 7) is 18.1. The zero-order valence-corrected chi connectivity index (χ0v) is 23.2. The molecule has 5 rings (SSSR count). The molecule has 34 heavy (non-hydrogen) atoms. The zero-order chi connectivity index (χ0) is 25.1. The van der Waals surface area contributed by atoms with Crippen LogP contribution < -0.4 is 0 Å². The molecule has 1 aliphatic heterocycles. The fourth-order valence-corrected chi connectivity index (χ4v) is 11.2. The second-order valence-electron chi connectivity index (χ2n) is 15.5. The van der Waals surface area contributed by atoms with Crippen LogP contribution in [0, 0.1) is 45.3 Å². The second-order valence-corrected chi connectivity index (χ2v) is 15.5. The van der Waals surface area contributed by atoms with Gasteiger partial charge in [0, 0.05) is 0 Å². The van der Waals surface area contributed by atoms with E-state index in [0.29, 0.717) is 17.8 Å². The maximum Gasteiger partial charge on any atom is 0.0865 e. The fraction of sp³-hybridized carbons (Fsp3) is 1.00. The Morgan fingerprint density at radius 1 is 0.765 bits per heavy atom. The number of hydrogen-bond acceptors (Lipinski definition) is 4. The SMILES string of the molecule is CC(C)(O)[C@H]1CC[C@@](C)([C@H]2CC[C@]3(C)[C@@H]2C[C@@H](O)[C@@H]2[C@@]4(C)CC[C@H](O)C(C)(C)[C@@H]4CC[C@]23C)O1. The summed E-state index contributed by atoms with van der Waals surface area (Å²) in [5.74, 6) is 1.63. The van der Waals surface area contributed by atoms with Gasteiger partial charge in [0.1, 0.15) is 0 Å². The summed E-state index contributed by atoms with van der Waals surface area (Å²) in [5, 5.41) is 33.5. The molecule has 3 N–H and O–H groups in total. The van der Waals surface area contributed by atoms with E-state index in [9.17, 15) is 15.3 Å². The van der Waals surface area contributed by atoms with Crippen molar-refractivity contribution in [3.63, 3.8) is 0 Å². The first-order chi connectivity index (χ1) is 15.5. The molecule has 5 aliphatic rings. The average Bonchev–Trinajstić information content (AvgIpc) is 3.27. The number of rotatable bonds is 2. The third-order valence-corrected chi connectivity index (χ3v) is 13.2. The van der Waals surface area contributed by atoms with Gasteiger partial charge in [-0.2, -0.15) is 0 Å². The number of hydrogen-bond donors (Lipinski definition) is 3. The van der Waals surface area contributed by atoms with Crippen molar-refractivity contribution in [2.75, 3.05) is 0 Å². The molecule has 0 aromatic rings. The van der Waals surface area contributed by atoms with Crippen molar-refractivity contribution < 1.29 is 20.1 Å². The van der Waals surface area contributed by atoms with E-state index >= 15 is 0 Å². The molecule has 0 spiro atoms. The first-order valence-corrected chi connectivity index (χ1v) is 14.3. The van der Waals surface area contributed by atoms with Crippen molar-refractivity contribution in [1.82, 2.24) is 0 Å². The van der Waals surface area contributed by atoms with Crippen LogP contribution in [0.4, 0.5) is 0 Å². The maximum absolute atomic E-state index is 12.0. The highest BCUT2D eigenvalue weighted by atomic mass is 16.5. The van der Waals surface area contributed by atoms with Gasteiger partial charge in [0.05, 0.1) is 29.5 Å². The molecule has 0 unspecified atom stereocenters. The van der Waals surface area contributed by atoms with Crippen molar-refractivity contribution >= 4 is 0 Å². The van der Waals surface area contributed by atoms with Gasteiger partial charge in [0.15, 0.2) is 0 Å². The number of aliphatic hydroxyl groups is 3. The monoisotopic (exact) mass is 476 g/mol. The molecule has 0 radical (unpaired) electrons. The highest BCUT2D eigenvalue weighted by Crippen LogP contribution is 2.76. The molecule has 11 atom stereocenters. The predicted octanol–water partition coefficient (Wildman–Crippen LogP) is 5.71. The van der Waals surface area contributed by atoms with Gasteiger partial charge in [0.2, 0.25) is 0 Å². The molecule has 1 saturated heterocycles. The van der Waals surface area contributed by atoms with E-state index in [0.717, 1.165) is 51.4 Å². The first kappa shape index (κ1) is 25.5. The molecule has 196 valence electrons. The standard InChI is InChI=1S/C30H52O4/c1-25(2)21-10-15-29(7)24(27(21,5)13-11-22(25)32)20(31)17-19-18(9-14-28(19,29)6)30(8)16-12-23(34-30)26(3,4)33/h18-24,31-33H,9-17H2,1-8H3/t18-,19+,20+,21-,22-,23+,24+,27-,28+,29+,30-/m0/s1. The second kappa shape index (κ2) is 7.45. The van der Waals surface area contributed by atoms with Gasteiger partial charge < -0.3 is 20.1 Å². The zero-order valence-electron chi connectivity index (χ0n) is 23.2. The summed E-state index contributed by atoms with van der Waals surface area (Å²) in [4.78, 5) is 0. The fourth-order valence-electron chi connectivity index (χ4n) is 11.2. The van der Waals surface area contributed by atoms with Crippen LogP contribution in [0.1, 0.15) is 113 Å². The molecular formula is C30H52O4. The van der Waals surface area contributed by atoms with Crippen LogP contribution in [-0.2, 0) is 4.74 Å². The van der Waals surface area contributed by atoms with Gasteiger partial charge in [-0.05, 0) is 124 Å². The van der Waals surface area contributed by atoms with Crippen LogP contribution in [0.25, 0.3) is 0 Å². The highest BCUT2D eigenvalue weighted by molar-refractivity contribution is 5.20. The van der Waals surface area contributed by atoms with Gasteiger partial charge in [0.25, 0.3) is 0 Å². The van der Waals surface area contributed by atoms with Crippen LogP contribution in [0.3, 0.4) is 0 Å². The summed E-state index contributed by atoms with van der Waals surface area (Å²) in [7, 11) is 0.